The maximum absolute atomic E-state index is 13.4. The molecule has 1 fully saturated rings. The molecule has 2 aliphatic rings. The first-order chi connectivity index (χ1) is 18.6. The Balaban J connectivity index is 1.16. The minimum absolute atomic E-state index is 0.202. The third-order valence-corrected chi connectivity index (χ3v) is 7.11. The number of anilines is 2. The van der Waals surface area contributed by atoms with Crippen LogP contribution < -0.4 is 10.1 Å². The monoisotopic (exact) mass is 532 g/mol. The molecule has 1 spiro atoms. The summed E-state index contributed by atoms with van der Waals surface area (Å²) >= 11 is 6.49. The molecule has 0 radical (unpaired) electrons. The van der Waals surface area contributed by atoms with Crippen LogP contribution in [0.15, 0.2) is 72.0 Å². The van der Waals surface area contributed by atoms with Gasteiger partial charge in [0.05, 0.1) is 30.3 Å². The van der Waals surface area contributed by atoms with Crippen LogP contribution in [0.4, 0.5) is 15.9 Å². The van der Waals surface area contributed by atoms with Gasteiger partial charge in [0.1, 0.15) is 35.9 Å². The zero-order valence-electron chi connectivity index (χ0n) is 20.6. The highest BCUT2D eigenvalue weighted by Crippen LogP contribution is 2.33. The van der Waals surface area contributed by atoms with Gasteiger partial charge in [0.25, 0.3) is 0 Å². The Hall–Kier alpha value is -3.75. The molecule has 7 nitrogen and oxygen atoms in total. The van der Waals surface area contributed by atoms with Crippen molar-refractivity contribution < 1.29 is 18.6 Å². The summed E-state index contributed by atoms with van der Waals surface area (Å²) in [5, 5.41) is 4.66. The standard InChI is InChI=1S/C29H26ClFN4O3/c30-24-15-22(5-7-26(24)37-16-20-2-1-3-21(31)12-20)35-28-23-13-19(4-6-25(23)33-18-34-28)14-27-32-17-29(38-27)8-10-36-11-9-29/h1-7,12-13,15,18H,8-11,14,16-17H2,(H,33,34,35). The van der Waals surface area contributed by atoms with E-state index in [1.165, 1.54) is 18.5 Å². The number of halogens is 2. The van der Waals surface area contributed by atoms with Gasteiger partial charge in [0, 0.05) is 30.3 Å². The van der Waals surface area contributed by atoms with Crippen LogP contribution in [0.2, 0.25) is 5.02 Å². The molecule has 0 aliphatic carbocycles. The van der Waals surface area contributed by atoms with E-state index in [0.29, 0.717) is 29.6 Å². The molecule has 0 saturated carbocycles. The second kappa shape index (κ2) is 10.6. The Morgan fingerprint density at radius 3 is 2.74 bits per heavy atom. The quantitative estimate of drug-likeness (QED) is 0.302. The zero-order valence-corrected chi connectivity index (χ0v) is 21.4. The molecule has 9 heteroatoms. The van der Waals surface area contributed by atoms with Crippen LogP contribution in [-0.4, -0.2) is 41.2 Å². The summed E-state index contributed by atoms with van der Waals surface area (Å²) in [7, 11) is 0. The van der Waals surface area contributed by atoms with E-state index in [1.807, 2.05) is 18.2 Å². The fourth-order valence-electron chi connectivity index (χ4n) is 4.75. The van der Waals surface area contributed by atoms with Gasteiger partial charge >= 0.3 is 0 Å². The van der Waals surface area contributed by atoms with Crippen molar-refractivity contribution in [1.82, 2.24) is 9.97 Å². The Bertz CT molecular complexity index is 1510. The highest BCUT2D eigenvalue weighted by atomic mass is 35.5. The Morgan fingerprint density at radius 1 is 1.00 bits per heavy atom. The molecule has 4 aromatic rings. The first-order valence-electron chi connectivity index (χ1n) is 12.5. The molecule has 1 aromatic heterocycles. The van der Waals surface area contributed by atoms with Crippen molar-refractivity contribution in [2.45, 2.75) is 31.5 Å². The molecular formula is C29H26ClFN4O3. The van der Waals surface area contributed by atoms with Gasteiger partial charge in [-0.1, -0.05) is 29.8 Å². The summed E-state index contributed by atoms with van der Waals surface area (Å²) in [6, 6.07) is 17.8. The van der Waals surface area contributed by atoms with Gasteiger partial charge < -0.3 is 19.5 Å². The normalized spacial score (nSPS) is 16.3. The summed E-state index contributed by atoms with van der Waals surface area (Å²) in [6.07, 6.45) is 3.88. The van der Waals surface area contributed by atoms with Gasteiger partial charge in [0.2, 0.25) is 0 Å². The minimum Gasteiger partial charge on any atom is -0.487 e. The number of aromatic nitrogens is 2. The zero-order chi connectivity index (χ0) is 26.0. The number of benzene rings is 3. The van der Waals surface area contributed by atoms with Gasteiger partial charge in [0.15, 0.2) is 5.90 Å². The van der Waals surface area contributed by atoms with E-state index in [0.717, 1.165) is 59.7 Å². The smallest absolute Gasteiger partial charge is 0.188 e. The number of aliphatic imine (C=N–C) groups is 1. The lowest BCUT2D eigenvalue weighted by Crippen LogP contribution is -2.39. The summed E-state index contributed by atoms with van der Waals surface area (Å²) in [5.41, 5.74) is 3.17. The van der Waals surface area contributed by atoms with Crippen molar-refractivity contribution in [1.29, 1.82) is 0 Å². The lowest BCUT2D eigenvalue weighted by molar-refractivity contribution is -0.0369. The van der Waals surface area contributed by atoms with Crippen molar-refractivity contribution in [3.63, 3.8) is 0 Å². The Labute approximate surface area is 224 Å². The van der Waals surface area contributed by atoms with Crippen molar-refractivity contribution in [2.75, 3.05) is 25.1 Å². The van der Waals surface area contributed by atoms with E-state index >= 15 is 0 Å². The molecule has 0 bridgehead atoms. The highest BCUT2D eigenvalue weighted by molar-refractivity contribution is 6.32. The van der Waals surface area contributed by atoms with Crippen LogP contribution in [0.1, 0.15) is 24.0 Å². The Morgan fingerprint density at radius 2 is 1.89 bits per heavy atom. The van der Waals surface area contributed by atoms with Crippen LogP contribution in [0, 0.1) is 5.82 Å². The van der Waals surface area contributed by atoms with Gasteiger partial charge in [-0.05, 0) is 53.6 Å². The highest BCUT2D eigenvalue weighted by Gasteiger charge is 2.39. The van der Waals surface area contributed by atoms with Crippen LogP contribution in [-0.2, 0) is 22.5 Å². The lowest BCUT2D eigenvalue weighted by Gasteiger charge is -2.32. The van der Waals surface area contributed by atoms with Gasteiger partial charge in [-0.25, -0.2) is 14.4 Å². The molecule has 1 N–H and O–H groups in total. The summed E-state index contributed by atoms with van der Waals surface area (Å²) < 4.78 is 31.0. The first-order valence-corrected chi connectivity index (χ1v) is 12.9. The molecule has 2 aliphatic heterocycles. The van der Waals surface area contributed by atoms with E-state index in [-0.39, 0.29) is 18.0 Å². The van der Waals surface area contributed by atoms with E-state index in [1.54, 1.807) is 24.3 Å². The topological polar surface area (TPSA) is 77.9 Å². The Kier molecular flexibility index (Phi) is 6.82. The molecule has 0 atom stereocenters. The molecule has 0 unspecified atom stereocenters. The summed E-state index contributed by atoms with van der Waals surface area (Å²) in [5.74, 6) is 1.63. The second-order valence-corrected chi connectivity index (χ2v) is 9.95. The molecular weight excluding hydrogens is 507 g/mol. The lowest BCUT2D eigenvalue weighted by atomic mass is 9.95. The molecule has 0 amide bonds. The fourth-order valence-corrected chi connectivity index (χ4v) is 4.99. The van der Waals surface area contributed by atoms with Gasteiger partial charge in [-0.2, -0.15) is 0 Å². The maximum Gasteiger partial charge on any atom is 0.188 e. The van der Waals surface area contributed by atoms with Crippen LogP contribution >= 0.6 is 11.6 Å². The van der Waals surface area contributed by atoms with Crippen molar-refractivity contribution in [3.8, 4) is 5.75 Å². The van der Waals surface area contributed by atoms with E-state index < -0.39 is 0 Å². The van der Waals surface area contributed by atoms with Crippen LogP contribution in [0.25, 0.3) is 10.9 Å². The number of fused-ring (bicyclic) bond motifs is 1. The minimum atomic E-state index is -0.302. The summed E-state index contributed by atoms with van der Waals surface area (Å²) in [4.78, 5) is 13.6. The van der Waals surface area contributed by atoms with Gasteiger partial charge in [-0.15, -0.1) is 0 Å². The number of hydrogen-bond donors (Lipinski definition) is 1. The molecule has 6 rings (SSSR count). The molecule has 194 valence electrons. The van der Waals surface area contributed by atoms with E-state index in [2.05, 4.69) is 26.3 Å². The largest absolute Gasteiger partial charge is 0.487 e. The average Bonchev–Trinajstić information content (AvgIpc) is 3.30. The molecule has 38 heavy (non-hydrogen) atoms. The maximum atomic E-state index is 13.4. The van der Waals surface area contributed by atoms with E-state index in [9.17, 15) is 4.39 Å². The molecule has 3 heterocycles. The fraction of sp³-hybridized carbons (Fsp3) is 0.276. The average molecular weight is 533 g/mol. The van der Waals surface area contributed by atoms with Gasteiger partial charge in [-0.3, -0.25) is 4.99 Å². The summed E-state index contributed by atoms with van der Waals surface area (Å²) in [6.45, 7) is 2.34. The number of ether oxygens (including phenoxy) is 3. The first kappa shape index (κ1) is 24.6. The van der Waals surface area contributed by atoms with E-state index in [4.69, 9.17) is 25.8 Å². The predicted molar refractivity (Wildman–Crippen MR) is 145 cm³/mol. The third-order valence-electron chi connectivity index (χ3n) is 6.81. The number of rotatable bonds is 7. The van der Waals surface area contributed by atoms with Crippen molar-refractivity contribution in [3.05, 3.63) is 89.0 Å². The van der Waals surface area contributed by atoms with Crippen molar-refractivity contribution >= 4 is 39.9 Å². The van der Waals surface area contributed by atoms with Crippen LogP contribution in [0.3, 0.4) is 0 Å². The van der Waals surface area contributed by atoms with Crippen LogP contribution in [0.5, 0.6) is 5.75 Å². The third kappa shape index (κ3) is 5.42. The molecule has 1 saturated heterocycles. The van der Waals surface area contributed by atoms with Crippen molar-refractivity contribution in [2.24, 2.45) is 4.99 Å². The predicted octanol–water partition coefficient (Wildman–Crippen LogP) is 6.27. The number of nitrogens with zero attached hydrogens (tertiary/aromatic N) is 3. The molecule has 3 aromatic carbocycles. The number of nitrogens with one attached hydrogen (secondary N) is 1. The SMILES string of the molecule is Fc1cccc(COc2ccc(Nc3ncnc4ccc(CC5=NCC6(CCOCC6)O5)cc34)cc2Cl)c1. The second-order valence-electron chi connectivity index (χ2n) is 9.55. The number of hydrogen-bond acceptors (Lipinski definition) is 7.